The topological polar surface area (TPSA) is 94.6 Å². The lowest BCUT2D eigenvalue weighted by Gasteiger charge is -2.12. The first-order valence-electron chi connectivity index (χ1n) is 11.8. The number of carbonyl (C=O) groups is 1. The molecule has 184 valence electrons. The highest BCUT2D eigenvalue weighted by atomic mass is 16.6. The van der Waals surface area contributed by atoms with Crippen molar-refractivity contribution in [2.75, 3.05) is 11.9 Å². The van der Waals surface area contributed by atoms with Crippen LogP contribution in [-0.4, -0.2) is 17.4 Å². The molecule has 0 saturated carbocycles. The van der Waals surface area contributed by atoms with Gasteiger partial charge >= 0.3 is 0 Å². The molecule has 0 bridgehead atoms. The minimum absolute atomic E-state index is 0.0940. The first kappa shape index (κ1) is 23.8. The minimum Gasteiger partial charge on any atom is -0.493 e. The standard InChI is InChI=1S/C30H24N2O5/c1-3-36-28-17-29-26(27(18-37-29)24-13-6-9-20-8-4-5-12-23(20)24)16-25(28)19(2)14-30(33)31-21-10-7-11-22(15-21)32(34)35/h4-18H,3H2,1-2H3,(H,31,33)/b19-14+. The third-order valence-corrected chi connectivity index (χ3v) is 6.15. The number of nitrogens with one attached hydrogen (secondary N) is 1. The van der Waals surface area contributed by atoms with Gasteiger partial charge in [-0.25, -0.2) is 0 Å². The highest BCUT2D eigenvalue weighted by molar-refractivity contribution is 6.07. The predicted octanol–water partition coefficient (Wildman–Crippen LogP) is 7.60. The van der Waals surface area contributed by atoms with Gasteiger partial charge in [0.15, 0.2) is 0 Å². The Morgan fingerprint density at radius 2 is 1.78 bits per heavy atom. The molecule has 0 saturated heterocycles. The summed E-state index contributed by atoms with van der Waals surface area (Å²) in [7, 11) is 0. The SMILES string of the molecule is CCOc1cc2occ(-c3cccc4ccccc34)c2cc1/C(C)=C/C(=O)Nc1cccc([N+](=O)[O-])c1. The highest BCUT2D eigenvalue weighted by Gasteiger charge is 2.17. The van der Waals surface area contributed by atoms with E-state index in [2.05, 4.69) is 29.6 Å². The second-order valence-electron chi connectivity index (χ2n) is 8.58. The zero-order chi connectivity index (χ0) is 25.9. The summed E-state index contributed by atoms with van der Waals surface area (Å²) in [6.45, 7) is 4.17. The molecule has 0 radical (unpaired) electrons. The van der Waals surface area contributed by atoms with Crippen molar-refractivity contribution in [1.82, 2.24) is 0 Å². The third-order valence-electron chi connectivity index (χ3n) is 6.15. The van der Waals surface area contributed by atoms with Crippen LogP contribution in [0.5, 0.6) is 5.75 Å². The molecule has 1 amide bonds. The largest absolute Gasteiger partial charge is 0.493 e. The number of furan rings is 1. The molecule has 7 nitrogen and oxygen atoms in total. The number of hydrogen-bond donors (Lipinski definition) is 1. The lowest BCUT2D eigenvalue weighted by atomic mass is 9.96. The maximum absolute atomic E-state index is 12.8. The van der Waals surface area contributed by atoms with Gasteiger partial charge in [0.2, 0.25) is 5.91 Å². The Balaban J connectivity index is 1.55. The van der Waals surface area contributed by atoms with Crippen LogP contribution in [0.1, 0.15) is 19.4 Å². The van der Waals surface area contributed by atoms with Crippen LogP contribution in [0.15, 0.2) is 95.6 Å². The number of nitro groups is 1. The van der Waals surface area contributed by atoms with E-state index in [1.807, 2.05) is 44.2 Å². The summed E-state index contributed by atoms with van der Waals surface area (Å²) < 4.78 is 11.8. The van der Waals surface area contributed by atoms with E-state index in [1.165, 1.54) is 24.3 Å². The van der Waals surface area contributed by atoms with Crippen molar-refractivity contribution >= 4 is 44.6 Å². The number of anilines is 1. The maximum atomic E-state index is 12.8. The zero-order valence-electron chi connectivity index (χ0n) is 20.4. The van der Waals surface area contributed by atoms with E-state index in [4.69, 9.17) is 9.15 Å². The number of rotatable bonds is 7. The summed E-state index contributed by atoms with van der Waals surface area (Å²) >= 11 is 0. The first-order chi connectivity index (χ1) is 17.9. The highest BCUT2D eigenvalue weighted by Crippen LogP contribution is 2.39. The molecule has 1 aromatic heterocycles. The van der Waals surface area contributed by atoms with Gasteiger partial charge in [0, 0.05) is 46.5 Å². The lowest BCUT2D eigenvalue weighted by Crippen LogP contribution is -2.09. The average Bonchev–Trinajstić information content (AvgIpc) is 3.30. The Labute approximate surface area is 213 Å². The molecule has 7 heteroatoms. The van der Waals surface area contributed by atoms with Gasteiger partial charge in [0.05, 0.1) is 17.8 Å². The summed E-state index contributed by atoms with van der Waals surface area (Å²) in [4.78, 5) is 23.3. The Morgan fingerprint density at radius 3 is 2.59 bits per heavy atom. The number of ether oxygens (including phenoxy) is 1. The quantitative estimate of drug-likeness (QED) is 0.143. The molecule has 0 unspecified atom stereocenters. The summed E-state index contributed by atoms with van der Waals surface area (Å²) in [6.07, 6.45) is 3.21. The fourth-order valence-electron chi connectivity index (χ4n) is 4.46. The van der Waals surface area contributed by atoms with Gasteiger partial charge in [-0.1, -0.05) is 48.5 Å². The second kappa shape index (κ2) is 9.99. The molecule has 5 rings (SSSR count). The number of amides is 1. The summed E-state index contributed by atoms with van der Waals surface area (Å²) in [5.74, 6) is 0.202. The molecular weight excluding hydrogens is 468 g/mol. The van der Waals surface area contributed by atoms with Gasteiger partial charge in [0.25, 0.3) is 5.69 Å². The third kappa shape index (κ3) is 4.79. The van der Waals surface area contributed by atoms with Crippen LogP contribution < -0.4 is 10.1 Å². The van der Waals surface area contributed by atoms with E-state index in [-0.39, 0.29) is 5.69 Å². The molecule has 5 aromatic rings. The van der Waals surface area contributed by atoms with Crippen LogP contribution in [0.4, 0.5) is 11.4 Å². The second-order valence-corrected chi connectivity index (χ2v) is 8.58. The van der Waals surface area contributed by atoms with Gasteiger partial charge in [-0.3, -0.25) is 14.9 Å². The van der Waals surface area contributed by atoms with E-state index in [0.29, 0.717) is 29.2 Å². The van der Waals surface area contributed by atoms with E-state index in [9.17, 15) is 14.9 Å². The molecule has 4 aromatic carbocycles. The van der Waals surface area contributed by atoms with Crippen LogP contribution >= 0.6 is 0 Å². The van der Waals surface area contributed by atoms with Crippen LogP contribution in [0, 0.1) is 10.1 Å². The van der Waals surface area contributed by atoms with Crippen molar-refractivity contribution in [3.63, 3.8) is 0 Å². The number of allylic oxidation sites excluding steroid dienone is 1. The fourth-order valence-corrected chi connectivity index (χ4v) is 4.46. The molecule has 0 fully saturated rings. The van der Waals surface area contributed by atoms with E-state index in [1.54, 1.807) is 12.3 Å². The van der Waals surface area contributed by atoms with Crippen LogP contribution in [-0.2, 0) is 4.79 Å². The Morgan fingerprint density at radius 1 is 1.00 bits per heavy atom. The van der Waals surface area contributed by atoms with Crippen LogP contribution in [0.3, 0.4) is 0 Å². The maximum Gasteiger partial charge on any atom is 0.271 e. The van der Waals surface area contributed by atoms with Gasteiger partial charge in [0.1, 0.15) is 11.3 Å². The Kier molecular flexibility index (Phi) is 6.43. The van der Waals surface area contributed by atoms with Gasteiger partial charge in [-0.15, -0.1) is 0 Å². The van der Waals surface area contributed by atoms with Crippen LogP contribution in [0.25, 0.3) is 38.4 Å². The number of nitrogens with zero attached hydrogens (tertiary/aromatic N) is 1. The molecule has 0 aliphatic carbocycles. The van der Waals surface area contributed by atoms with Gasteiger partial charge in [-0.05, 0) is 47.9 Å². The number of non-ortho nitro benzene ring substituents is 1. The Hall–Kier alpha value is -4.91. The van der Waals surface area contributed by atoms with Crippen molar-refractivity contribution in [3.8, 4) is 16.9 Å². The summed E-state index contributed by atoms with van der Waals surface area (Å²) in [6, 6.07) is 24.0. The number of nitro benzene ring substituents is 1. The molecule has 37 heavy (non-hydrogen) atoms. The average molecular weight is 493 g/mol. The van der Waals surface area contributed by atoms with Crippen molar-refractivity contribution in [2.45, 2.75) is 13.8 Å². The Bertz CT molecular complexity index is 1680. The van der Waals surface area contributed by atoms with E-state index < -0.39 is 10.8 Å². The molecule has 0 aliphatic heterocycles. The summed E-state index contributed by atoms with van der Waals surface area (Å²) in [5.41, 5.74) is 4.37. The molecular formula is C30H24N2O5. The number of hydrogen-bond acceptors (Lipinski definition) is 5. The number of carbonyl (C=O) groups excluding carboxylic acids is 1. The monoisotopic (exact) mass is 492 g/mol. The van der Waals surface area contributed by atoms with E-state index in [0.717, 1.165) is 32.8 Å². The smallest absolute Gasteiger partial charge is 0.271 e. The van der Waals surface area contributed by atoms with E-state index >= 15 is 0 Å². The lowest BCUT2D eigenvalue weighted by molar-refractivity contribution is -0.384. The molecule has 1 N–H and O–H groups in total. The molecule has 0 aliphatic rings. The molecule has 1 heterocycles. The van der Waals surface area contributed by atoms with Crippen molar-refractivity contribution < 1.29 is 18.9 Å². The summed E-state index contributed by atoms with van der Waals surface area (Å²) in [5, 5.41) is 16.9. The van der Waals surface area contributed by atoms with Crippen LogP contribution in [0.2, 0.25) is 0 Å². The van der Waals surface area contributed by atoms with Gasteiger partial charge < -0.3 is 14.5 Å². The number of benzene rings is 4. The van der Waals surface area contributed by atoms with Gasteiger partial charge in [-0.2, -0.15) is 0 Å². The van der Waals surface area contributed by atoms with Crippen molar-refractivity contribution in [3.05, 3.63) is 107 Å². The normalized spacial score (nSPS) is 11.6. The fraction of sp³-hybridized carbons (Fsp3) is 0.100. The molecule has 0 atom stereocenters. The van der Waals surface area contributed by atoms with Crippen molar-refractivity contribution in [2.24, 2.45) is 0 Å². The number of fused-ring (bicyclic) bond motifs is 2. The first-order valence-corrected chi connectivity index (χ1v) is 11.8. The zero-order valence-corrected chi connectivity index (χ0v) is 20.4. The predicted molar refractivity (Wildman–Crippen MR) is 146 cm³/mol. The minimum atomic E-state index is -0.501. The van der Waals surface area contributed by atoms with Crippen molar-refractivity contribution in [1.29, 1.82) is 0 Å². The molecule has 0 spiro atoms.